The molecule has 1 nitrogen and oxygen atoms in total. The van der Waals surface area contributed by atoms with E-state index < -0.39 is 5.38 Å². The fourth-order valence-electron chi connectivity index (χ4n) is 1.12. The van der Waals surface area contributed by atoms with Crippen molar-refractivity contribution in [2.24, 2.45) is 0 Å². The van der Waals surface area contributed by atoms with Gasteiger partial charge >= 0.3 is 5.38 Å². The van der Waals surface area contributed by atoms with Crippen LogP contribution in [0.3, 0.4) is 0 Å². The number of benzene rings is 1. The van der Waals surface area contributed by atoms with E-state index in [4.69, 9.17) is 23.2 Å². The Hall–Kier alpha value is -0.540. The molecule has 0 unspecified atom stereocenters. The minimum atomic E-state index is -3.11. The SMILES string of the molecule is FC(F)(Cl)CCCNc1ccccc1Cl. The number of alkyl halides is 3. The summed E-state index contributed by atoms with van der Waals surface area (Å²) in [7, 11) is 0. The van der Waals surface area contributed by atoms with Crippen molar-refractivity contribution >= 4 is 28.9 Å². The average Bonchev–Trinajstić information content (AvgIpc) is 2.13. The highest BCUT2D eigenvalue weighted by molar-refractivity contribution is 6.33. The van der Waals surface area contributed by atoms with Crippen LogP contribution in [0.15, 0.2) is 24.3 Å². The number of nitrogens with one attached hydrogen (secondary N) is 1. The number of anilines is 1. The molecule has 1 rings (SSSR count). The van der Waals surface area contributed by atoms with E-state index in [0.717, 1.165) is 5.69 Å². The summed E-state index contributed by atoms with van der Waals surface area (Å²) in [5.41, 5.74) is 0.747. The van der Waals surface area contributed by atoms with Crippen molar-refractivity contribution in [1.29, 1.82) is 0 Å². The molecule has 0 heterocycles. The minimum absolute atomic E-state index is 0.293. The van der Waals surface area contributed by atoms with Crippen LogP contribution < -0.4 is 5.32 Å². The highest BCUT2D eigenvalue weighted by Crippen LogP contribution is 2.25. The lowest BCUT2D eigenvalue weighted by Gasteiger charge is -2.10. The third kappa shape index (κ3) is 5.19. The number of hydrogen-bond donors (Lipinski definition) is 1. The van der Waals surface area contributed by atoms with Crippen LogP contribution in [0, 0.1) is 0 Å². The van der Waals surface area contributed by atoms with Gasteiger partial charge in [-0.15, -0.1) is 0 Å². The summed E-state index contributed by atoms with van der Waals surface area (Å²) < 4.78 is 24.5. The van der Waals surface area contributed by atoms with Crippen molar-refractivity contribution < 1.29 is 8.78 Å². The molecule has 84 valence electrons. The first-order chi connectivity index (χ1) is 6.99. The van der Waals surface area contributed by atoms with E-state index in [1.165, 1.54) is 0 Å². The molecule has 0 aliphatic rings. The second-order valence-corrected chi connectivity index (χ2v) is 4.09. The topological polar surface area (TPSA) is 12.0 Å². The summed E-state index contributed by atoms with van der Waals surface area (Å²) in [5, 5.41) is 0.431. The first-order valence-corrected chi connectivity index (χ1v) is 5.30. The van der Waals surface area contributed by atoms with Crippen molar-refractivity contribution in [1.82, 2.24) is 0 Å². The lowest BCUT2D eigenvalue weighted by Crippen LogP contribution is -2.09. The van der Waals surface area contributed by atoms with Crippen molar-refractivity contribution in [3.63, 3.8) is 0 Å². The van der Waals surface area contributed by atoms with Crippen LogP contribution in [0.5, 0.6) is 0 Å². The van der Waals surface area contributed by atoms with Gasteiger partial charge in [0.25, 0.3) is 0 Å². The van der Waals surface area contributed by atoms with Crippen LogP contribution in [0.4, 0.5) is 14.5 Å². The summed E-state index contributed by atoms with van der Waals surface area (Å²) in [4.78, 5) is 0. The molecule has 1 N–H and O–H groups in total. The van der Waals surface area contributed by atoms with Crippen molar-refractivity contribution in [2.75, 3.05) is 11.9 Å². The lowest BCUT2D eigenvalue weighted by atomic mass is 10.3. The molecule has 0 fully saturated rings. The zero-order chi connectivity index (χ0) is 11.3. The molecule has 0 aliphatic heterocycles. The molecule has 1 aromatic rings. The molecule has 0 radical (unpaired) electrons. The van der Waals surface area contributed by atoms with E-state index in [0.29, 0.717) is 18.0 Å². The molecule has 0 amide bonds. The summed E-state index contributed by atoms with van der Waals surface area (Å²) in [6.45, 7) is 0.423. The van der Waals surface area contributed by atoms with Gasteiger partial charge in [-0.05, 0) is 30.2 Å². The summed E-state index contributed by atoms with van der Waals surface area (Å²) in [6, 6.07) is 7.16. The standard InChI is InChI=1S/C10H11Cl2F2N/c11-8-4-1-2-5-9(8)15-7-3-6-10(12,13)14/h1-2,4-5,15H,3,6-7H2. The van der Waals surface area contributed by atoms with E-state index in [1.54, 1.807) is 18.2 Å². The quantitative estimate of drug-likeness (QED) is 0.607. The predicted molar refractivity (Wildman–Crippen MR) is 60.0 cm³/mol. The van der Waals surface area contributed by atoms with Gasteiger partial charge < -0.3 is 5.32 Å². The molecular weight excluding hydrogens is 243 g/mol. The van der Waals surface area contributed by atoms with Gasteiger partial charge in [0.15, 0.2) is 0 Å². The molecule has 0 saturated heterocycles. The Balaban J connectivity index is 2.30. The van der Waals surface area contributed by atoms with E-state index in [9.17, 15) is 8.78 Å². The van der Waals surface area contributed by atoms with Crippen LogP contribution in [0.1, 0.15) is 12.8 Å². The summed E-state index contributed by atoms with van der Waals surface area (Å²) in [6.07, 6.45) is -0.0479. The summed E-state index contributed by atoms with van der Waals surface area (Å²) >= 11 is 10.6. The van der Waals surface area contributed by atoms with Crippen molar-refractivity contribution in [2.45, 2.75) is 18.2 Å². The van der Waals surface area contributed by atoms with Gasteiger partial charge in [-0.1, -0.05) is 23.7 Å². The Bertz CT molecular complexity index is 313. The van der Waals surface area contributed by atoms with Crippen LogP contribution in [-0.4, -0.2) is 11.9 Å². The largest absolute Gasteiger partial charge is 0.384 e. The molecule has 1 aromatic carbocycles. The molecule has 15 heavy (non-hydrogen) atoms. The maximum Gasteiger partial charge on any atom is 0.321 e. The highest BCUT2D eigenvalue weighted by atomic mass is 35.5. The smallest absolute Gasteiger partial charge is 0.321 e. The Morgan fingerprint density at radius 2 is 1.93 bits per heavy atom. The second-order valence-electron chi connectivity index (χ2n) is 3.13. The van der Waals surface area contributed by atoms with E-state index in [1.807, 2.05) is 6.07 Å². The molecule has 0 bridgehead atoms. The third-order valence-electron chi connectivity index (χ3n) is 1.83. The number of hydrogen-bond acceptors (Lipinski definition) is 1. The molecule has 0 saturated carbocycles. The molecule has 5 heteroatoms. The Morgan fingerprint density at radius 1 is 1.27 bits per heavy atom. The maximum absolute atomic E-state index is 12.2. The first-order valence-electron chi connectivity index (χ1n) is 4.54. The number of rotatable bonds is 5. The normalized spacial score (nSPS) is 11.5. The number of para-hydroxylation sites is 1. The predicted octanol–water partition coefficient (Wildman–Crippen LogP) is 4.36. The fraction of sp³-hybridized carbons (Fsp3) is 0.400. The zero-order valence-corrected chi connectivity index (χ0v) is 9.45. The van der Waals surface area contributed by atoms with Gasteiger partial charge in [0, 0.05) is 13.0 Å². The Kier molecular flexibility index (Phi) is 4.61. The van der Waals surface area contributed by atoms with Gasteiger partial charge in [-0.25, -0.2) is 0 Å². The van der Waals surface area contributed by atoms with Crippen LogP contribution in [0.25, 0.3) is 0 Å². The van der Waals surface area contributed by atoms with Gasteiger partial charge in [-0.2, -0.15) is 8.78 Å². The van der Waals surface area contributed by atoms with Crippen molar-refractivity contribution in [3.8, 4) is 0 Å². The highest BCUT2D eigenvalue weighted by Gasteiger charge is 2.23. The molecule has 0 aromatic heterocycles. The Labute approximate surface area is 97.4 Å². The van der Waals surface area contributed by atoms with E-state index in [-0.39, 0.29) is 6.42 Å². The molecule has 0 atom stereocenters. The van der Waals surface area contributed by atoms with Crippen LogP contribution in [-0.2, 0) is 0 Å². The molecule has 0 spiro atoms. The summed E-state index contributed by atoms with van der Waals surface area (Å²) in [5.74, 6) is 0. The lowest BCUT2D eigenvalue weighted by molar-refractivity contribution is 0.0848. The number of halogens is 4. The van der Waals surface area contributed by atoms with Gasteiger partial charge in [0.05, 0.1) is 10.7 Å². The zero-order valence-electron chi connectivity index (χ0n) is 7.94. The average molecular weight is 254 g/mol. The molecule has 0 aliphatic carbocycles. The van der Waals surface area contributed by atoms with Gasteiger partial charge in [0.2, 0.25) is 0 Å². The van der Waals surface area contributed by atoms with Gasteiger partial charge in [0.1, 0.15) is 0 Å². The second kappa shape index (κ2) is 5.52. The van der Waals surface area contributed by atoms with Gasteiger partial charge in [-0.3, -0.25) is 0 Å². The monoisotopic (exact) mass is 253 g/mol. The minimum Gasteiger partial charge on any atom is -0.384 e. The van der Waals surface area contributed by atoms with Crippen LogP contribution in [0.2, 0.25) is 5.02 Å². The maximum atomic E-state index is 12.2. The first kappa shape index (κ1) is 12.5. The van der Waals surface area contributed by atoms with E-state index >= 15 is 0 Å². The molecular formula is C10H11Cl2F2N. The van der Waals surface area contributed by atoms with Crippen molar-refractivity contribution in [3.05, 3.63) is 29.3 Å². The van der Waals surface area contributed by atoms with E-state index in [2.05, 4.69) is 5.32 Å². The fourth-order valence-corrected chi connectivity index (χ4v) is 1.45. The third-order valence-corrected chi connectivity index (χ3v) is 2.34. The van der Waals surface area contributed by atoms with Crippen LogP contribution >= 0.6 is 23.2 Å². The Morgan fingerprint density at radius 3 is 2.53 bits per heavy atom.